The predicted octanol–water partition coefficient (Wildman–Crippen LogP) is 4.24. The molecule has 1 aliphatic heterocycles. The average Bonchev–Trinajstić information content (AvgIpc) is 3.08. The molecular formula is C22H40N2O3. The molecule has 1 unspecified atom stereocenters. The molecule has 156 valence electrons. The number of amides is 2. The largest absolute Gasteiger partial charge is 0.348 e. The Balaban J connectivity index is 2.34. The highest BCUT2D eigenvalue weighted by Gasteiger charge is 2.40. The second kappa shape index (κ2) is 14.6. The van der Waals surface area contributed by atoms with Gasteiger partial charge in [0, 0.05) is 13.0 Å². The molecular weight excluding hydrogens is 340 g/mol. The third-order valence-electron chi connectivity index (χ3n) is 5.63. The van der Waals surface area contributed by atoms with Gasteiger partial charge >= 0.3 is 0 Å². The van der Waals surface area contributed by atoms with Crippen LogP contribution in [0.25, 0.3) is 0 Å². The van der Waals surface area contributed by atoms with Crippen molar-refractivity contribution in [3.05, 3.63) is 0 Å². The molecule has 0 aliphatic carbocycles. The number of carbonyl (C=O) groups excluding carboxylic acids is 3. The van der Waals surface area contributed by atoms with Crippen LogP contribution < -0.4 is 5.32 Å². The van der Waals surface area contributed by atoms with E-state index in [0.29, 0.717) is 19.3 Å². The molecule has 0 saturated carbocycles. The third kappa shape index (κ3) is 8.89. The minimum absolute atomic E-state index is 0.0223. The Morgan fingerprint density at radius 3 is 2.19 bits per heavy atom. The first kappa shape index (κ1) is 23.6. The maximum absolute atomic E-state index is 12.7. The molecule has 2 amide bonds. The van der Waals surface area contributed by atoms with Crippen molar-refractivity contribution >= 4 is 18.1 Å². The van der Waals surface area contributed by atoms with Gasteiger partial charge in [-0.2, -0.15) is 0 Å². The van der Waals surface area contributed by atoms with E-state index in [4.69, 9.17) is 0 Å². The summed E-state index contributed by atoms with van der Waals surface area (Å²) in [6.45, 7) is 5.03. The van der Waals surface area contributed by atoms with Gasteiger partial charge in [0.15, 0.2) is 0 Å². The Bertz CT molecular complexity index is 439. The SMILES string of the molecule is CCCCCCCCCCCC(=O)N1CC[C@H](CCC)C1C(=O)NCC=O. The maximum atomic E-state index is 12.7. The monoisotopic (exact) mass is 380 g/mol. The molecule has 0 bridgehead atoms. The summed E-state index contributed by atoms with van der Waals surface area (Å²) in [7, 11) is 0. The van der Waals surface area contributed by atoms with Gasteiger partial charge in [0.2, 0.25) is 11.8 Å². The quantitative estimate of drug-likeness (QED) is 0.341. The lowest BCUT2D eigenvalue weighted by molar-refractivity contribution is -0.139. The number of nitrogens with zero attached hydrogens (tertiary/aromatic N) is 1. The summed E-state index contributed by atoms with van der Waals surface area (Å²) < 4.78 is 0. The van der Waals surface area contributed by atoms with Crippen LogP contribution >= 0.6 is 0 Å². The number of hydrogen-bond donors (Lipinski definition) is 1. The molecule has 1 saturated heterocycles. The van der Waals surface area contributed by atoms with Crippen molar-refractivity contribution < 1.29 is 14.4 Å². The highest BCUT2D eigenvalue weighted by molar-refractivity contribution is 5.89. The summed E-state index contributed by atoms with van der Waals surface area (Å²) >= 11 is 0. The van der Waals surface area contributed by atoms with E-state index in [-0.39, 0.29) is 24.3 Å². The van der Waals surface area contributed by atoms with Gasteiger partial charge in [-0.05, 0) is 25.2 Å². The predicted molar refractivity (Wildman–Crippen MR) is 109 cm³/mol. The Kier molecular flexibility index (Phi) is 12.8. The fourth-order valence-electron chi connectivity index (χ4n) is 4.14. The van der Waals surface area contributed by atoms with Crippen LogP contribution in [0, 0.1) is 5.92 Å². The lowest BCUT2D eigenvalue weighted by atomic mass is 9.94. The standard InChI is InChI=1S/C22H40N2O3/c1-3-5-6-7-8-9-10-11-12-14-20(26)24-17-15-19(13-4-2)21(24)22(27)23-16-18-25/h18-19,21H,3-17H2,1-2H3,(H,23,27)/t19-,21?/m0/s1. The second-order valence-electron chi connectivity index (χ2n) is 7.86. The zero-order valence-corrected chi connectivity index (χ0v) is 17.5. The molecule has 5 heteroatoms. The minimum Gasteiger partial charge on any atom is -0.348 e. The molecule has 0 aromatic heterocycles. The van der Waals surface area contributed by atoms with Gasteiger partial charge in [0.25, 0.3) is 0 Å². The van der Waals surface area contributed by atoms with Crippen LogP contribution in [0.3, 0.4) is 0 Å². The highest BCUT2D eigenvalue weighted by Crippen LogP contribution is 2.29. The second-order valence-corrected chi connectivity index (χ2v) is 7.86. The number of rotatable bonds is 15. The average molecular weight is 381 g/mol. The normalized spacial score (nSPS) is 19.3. The molecule has 1 fully saturated rings. The zero-order chi connectivity index (χ0) is 19.9. The summed E-state index contributed by atoms with van der Waals surface area (Å²) in [5.74, 6) is 0.148. The lowest BCUT2D eigenvalue weighted by Crippen LogP contribution is -2.48. The van der Waals surface area contributed by atoms with Crippen molar-refractivity contribution in [1.82, 2.24) is 10.2 Å². The molecule has 1 heterocycles. The minimum atomic E-state index is -0.393. The molecule has 5 nitrogen and oxygen atoms in total. The van der Waals surface area contributed by atoms with Crippen molar-refractivity contribution in [1.29, 1.82) is 0 Å². The molecule has 0 spiro atoms. The number of unbranched alkanes of at least 4 members (excludes halogenated alkanes) is 8. The van der Waals surface area contributed by atoms with E-state index in [1.807, 2.05) is 0 Å². The fraction of sp³-hybridized carbons (Fsp3) is 0.864. The molecule has 2 atom stereocenters. The van der Waals surface area contributed by atoms with Gasteiger partial charge < -0.3 is 15.0 Å². The van der Waals surface area contributed by atoms with E-state index in [1.165, 1.54) is 44.9 Å². The van der Waals surface area contributed by atoms with Crippen LogP contribution in [0.5, 0.6) is 0 Å². The Labute approximate surface area is 165 Å². The number of aldehydes is 1. The van der Waals surface area contributed by atoms with Crippen LogP contribution in [-0.2, 0) is 14.4 Å². The van der Waals surface area contributed by atoms with Crippen molar-refractivity contribution in [2.75, 3.05) is 13.1 Å². The van der Waals surface area contributed by atoms with Crippen LogP contribution in [0.2, 0.25) is 0 Å². The summed E-state index contributed by atoms with van der Waals surface area (Å²) in [6, 6.07) is -0.393. The first-order chi connectivity index (χ1) is 13.2. The van der Waals surface area contributed by atoms with E-state index in [2.05, 4.69) is 19.2 Å². The van der Waals surface area contributed by atoms with Gasteiger partial charge in [-0.1, -0.05) is 71.6 Å². The van der Waals surface area contributed by atoms with E-state index >= 15 is 0 Å². The first-order valence-electron chi connectivity index (χ1n) is 11.2. The van der Waals surface area contributed by atoms with Gasteiger partial charge in [0.1, 0.15) is 12.3 Å². The Morgan fingerprint density at radius 2 is 1.59 bits per heavy atom. The van der Waals surface area contributed by atoms with Gasteiger partial charge in [-0.25, -0.2) is 0 Å². The van der Waals surface area contributed by atoms with E-state index in [1.54, 1.807) is 4.90 Å². The molecule has 1 N–H and O–H groups in total. The van der Waals surface area contributed by atoms with E-state index in [0.717, 1.165) is 32.1 Å². The third-order valence-corrected chi connectivity index (χ3v) is 5.63. The number of hydrogen-bond acceptors (Lipinski definition) is 3. The number of nitrogens with one attached hydrogen (secondary N) is 1. The summed E-state index contributed by atoms with van der Waals surface area (Å²) in [5, 5.41) is 2.65. The molecule has 1 aliphatic rings. The Morgan fingerprint density at radius 1 is 0.963 bits per heavy atom. The van der Waals surface area contributed by atoms with E-state index < -0.39 is 6.04 Å². The van der Waals surface area contributed by atoms with Gasteiger partial charge in [-0.15, -0.1) is 0 Å². The highest BCUT2D eigenvalue weighted by atomic mass is 16.2. The van der Waals surface area contributed by atoms with Crippen LogP contribution in [0.4, 0.5) is 0 Å². The summed E-state index contributed by atoms with van der Waals surface area (Å²) in [6.07, 6.45) is 15.1. The summed E-state index contributed by atoms with van der Waals surface area (Å²) in [5.41, 5.74) is 0. The summed E-state index contributed by atoms with van der Waals surface area (Å²) in [4.78, 5) is 37.5. The van der Waals surface area contributed by atoms with Crippen molar-refractivity contribution in [2.24, 2.45) is 5.92 Å². The number of likely N-dealkylation sites (tertiary alicyclic amines) is 1. The van der Waals surface area contributed by atoms with Gasteiger partial charge in [-0.3, -0.25) is 9.59 Å². The zero-order valence-electron chi connectivity index (χ0n) is 17.5. The Hall–Kier alpha value is -1.39. The maximum Gasteiger partial charge on any atom is 0.243 e. The van der Waals surface area contributed by atoms with Crippen molar-refractivity contribution in [2.45, 2.75) is 103 Å². The van der Waals surface area contributed by atoms with Gasteiger partial charge in [0.05, 0.1) is 6.54 Å². The molecule has 0 radical (unpaired) electrons. The number of carbonyl (C=O) groups is 3. The topological polar surface area (TPSA) is 66.5 Å². The first-order valence-corrected chi connectivity index (χ1v) is 11.2. The van der Waals surface area contributed by atoms with Crippen LogP contribution in [0.1, 0.15) is 97.3 Å². The smallest absolute Gasteiger partial charge is 0.243 e. The van der Waals surface area contributed by atoms with Crippen molar-refractivity contribution in [3.8, 4) is 0 Å². The van der Waals surface area contributed by atoms with E-state index in [9.17, 15) is 14.4 Å². The molecule has 27 heavy (non-hydrogen) atoms. The van der Waals surface area contributed by atoms with Crippen LogP contribution in [-0.4, -0.2) is 42.1 Å². The van der Waals surface area contributed by atoms with Crippen LogP contribution in [0.15, 0.2) is 0 Å². The molecule has 0 aromatic rings. The molecule has 1 rings (SSSR count). The fourth-order valence-corrected chi connectivity index (χ4v) is 4.14. The molecule has 0 aromatic carbocycles. The lowest BCUT2D eigenvalue weighted by Gasteiger charge is -2.27. The van der Waals surface area contributed by atoms with Crippen molar-refractivity contribution in [3.63, 3.8) is 0 Å².